The van der Waals surface area contributed by atoms with E-state index in [1.807, 2.05) is 0 Å². The van der Waals surface area contributed by atoms with Crippen LogP contribution in [0.25, 0.3) is 28.3 Å². The third-order valence-electron chi connectivity index (χ3n) is 7.08. The van der Waals surface area contributed by atoms with Crippen LogP contribution in [0.15, 0.2) is 53.7 Å². The lowest BCUT2D eigenvalue weighted by atomic mass is 10.1. The summed E-state index contributed by atoms with van der Waals surface area (Å²) in [6.07, 6.45) is 3.48. The Labute approximate surface area is 253 Å². The van der Waals surface area contributed by atoms with E-state index in [2.05, 4.69) is 30.5 Å². The van der Waals surface area contributed by atoms with Crippen molar-refractivity contribution in [3.05, 3.63) is 81.1 Å². The molecule has 5 heterocycles. The molecule has 0 radical (unpaired) electrons. The molecule has 16 heteroatoms. The smallest absolute Gasteiger partial charge is 0.411 e. The number of methoxy groups -OCH3 is 1. The number of ether oxygens (including phenoxy) is 1. The monoisotopic (exact) mass is 622 g/mol. The molecule has 0 spiro atoms. The molecule has 0 aliphatic carbocycles. The number of imidazole rings is 1. The van der Waals surface area contributed by atoms with Crippen LogP contribution in [0.4, 0.5) is 10.5 Å². The van der Waals surface area contributed by atoms with Crippen molar-refractivity contribution in [2.75, 3.05) is 25.2 Å². The number of nitrogens with one attached hydrogen (secondary N) is 1. The zero-order valence-corrected chi connectivity index (χ0v) is 24.2. The van der Waals surface area contributed by atoms with Crippen LogP contribution >= 0.6 is 23.2 Å². The summed E-state index contributed by atoms with van der Waals surface area (Å²) in [5.74, 6) is 1.08. The van der Waals surface area contributed by atoms with Crippen molar-refractivity contribution in [1.82, 2.24) is 44.7 Å². The SMILES string of the molecule is COCCCN(C(=O)O)c1ccc(-c2[nH]c([C@@H]3CCc4nc(-c5cc(Cl)ccc5-n5cnnn5)cc(=O)n43)nc2Cl)nc1. The first-order valence-corrected chi connectivity index (χ1v) is 14.0. The molecule has 1 aliphatic rings. The predicted octanol–water partition coefficient (Wildman–Crippen LogP) is 4.03. The van der Waals surface area contributed by atoms with Gasteiger partial charge in [-0.1, -0.05) is 23.2 Å². The van der Waals surface area contributed by atoms with Crippen molar-refractivity contribution in [2.24, 2.45) is 0 Å². The van der Waals surface area contributed by atoms with Crippen molar-refractivity contribution in [3.8, 4) is 28.3 Å². The van der Waals surface area contributed by atoms with Crippen LogP contribution in [0.3, 0.4) is 0 Å². The van der Waals surface area contributed by atoms with Crippen LogP contribution in [0.1, 0.15) is 30.5 Å². The molecular weight excluding hydrogens is 599 g/mol. The maximum Gasteiger partial charge on any atom is 0.411 e. The number of benzene rings is 1. The molecule has 0 saturated heterocycles. The minimum absolute atomic E-state index is 0.182. The Morgan fingerprint density at radius 2 is 2.05 bits per heavy atom. The number of aromatic amines is 1. The molecule has 14 nitrogen and oxygen atoms in total. The zero-order chi connectivity index (χ0) is 30.1. The summed E-state index contributed by atoms with van der Waals surface area (Å²) < 4.78 is 8.11. The van der Waals surface area contributed by atoms with Gasteiger partial charge in [0.15, 0.2) is 5.15 Å². The number of anilines is 1. The number of aromatic nitrogens is 9. The van der Waals surface area contributed by atoms with Crippen molar-refractivity contribution >= 4 is 35.0 Å². The molecule has 6 rings (SSSR count). The Hall–Kier alpha value is -4.66. The van der Waals surface area contributed by atoms with E-state index < -0.39 is 12.1 Å². The van der Waals surface area contributed by atoms with Crippen molar-refractivity contribution < 1.29 is 14.6 Å². The number of carboxylic acid groups (broad SMARTS) is 1. The van der Waals surface area contributed by atoms with Gasteiger partial charge in [0, 0.05) is 43.3 Å². The molecule has 1 aliphatic heterocycles. The number of fused-ring (bicyclic) bond motifs is 1. The van der Waals surface area contributed by atoms with Crippen LogP contribution in [-0.2, 0) is 11.2 Å². The van der Waals surface area contributed by atoms with E-state index in [0.29, 0.717) is 76.6 Å². The summed E-state index contributed by atoms with van der Waals surface area (Å²) in [7, 11) is 1.56. The number of nitrogens with zero attached hydrogens (tertiary/aromatic N) is 9. The summed E-state index contributed by atoms with van der Waals surface area (Å²) in [4.78, 5) is 43.4. The first-order valence-electron chi connectivity index (χ1n) is 13.2. The average molecular weight is 623 g/mol. The summed E-state index contributed by atoms with van der Waals surface area (Å²) in [5.41, 5.74) is 2.79. The predicted molar refractivity (Wildman–Crippen MR) is 157 cm³/mol. The molecule has 0 fully saturated rings. The summed E-state index contributed by atoms with van der Waals surface area (Å²) in [6.45, 7) is 0.704. The van der Waals surface area contributed by atoms with E-state index in [-0.39, 0.29) is 17.3 Å². The van der Waals surface area contributed by atoms with E-state index in [0.717, 1.165) is 0 Å². The Bertz CT molecular complexity index is 1840. The Morgan fingerprint density at radius 1 is 1.19 bits per heavy atom. The van der Waals surface area contributed by atoms with Crippen molar-refractivity contribution in [3.63, 3.8) is 0 Å². The lowest BCUT2D eigenvalue weighted by molar-refractivity contribution is 0.189. The fourth-order valence-corrected chi connectivity index (χ4v) is 5.53. The van der Waals surface area contributed by atoms with E-state index in [9.17, 15) is 14.7 Å². The second-order valence-electron chi connectivity index (χ2n) is 9.71. The van der Waals surface area contributed by atoms with Crippen LogP contribution in [0.2, 0.25) is 10.2 Å². The Balaban J connectivity index is 1.29. The highest BCUT2D eigenvalue weighted by atomic mass is 35.5. The van der Waals surface area contributed by atoms with Gasteiger partial charge in [0.1, 0.15) is 23.7 Å². The second-order valence-corrected chi connectivity index (χ2v) is 10.5. The van der Waals surface area contributed by atoms with Gasteiger partial charge in [-0.15, -0.1) is 5.10 Å². The molecule has 220 valence electrons. The van der Waals surface area contributed by atoms with E-state index >= 15 is 0 Å². The molecule has 0 unspecified atom stereocenters. The van der Waals surface area contributed by atoms with Gasteiger partial charge in [0.25, 0.3) is 5.56 Å². The van der Waals surface area contributed by atoms with Crippen molar-refractivity contribution in [1.29, 1.82) is 0 Å². The third kappa shape index (κ3) is 5.59. The minimum atomic E-state index is -1.09. The van der Waals surface area contributed by atoms with Gasteiger partial charge in [0.05, 0.1) is 35.0 Å². The molecule has 4 aromatic heterocycles. The van der Waals surface area contributed by atoms with Crippen LogP contribution in [-0.4, -0.2) is 76.2 Å². The highest BCUT2D eigenvalue weighted by Crippen LogP contribution is 2.34. The molecule has 0 bridgehead atoms. The number of hydrogen-bond donors (Lipinski definition) is 2. The second kappa shape index (κ2) is 11.9. The maximum absolute atomic E-state index is 13.5. The van der Waals surface area contributed by atoms with E-state index in [1.165, 1.54) is 28.2 Å². The number of pyridine rings is 1. The van der Waals surface area contributed by atoms with Crippen LogP contribution in [0.5, 0.6) is 0 Å². The summed E-state index contributed by atoms with van der Waals surface area (Å²) in [5, 5.41) is 21.6. The van der Waals surface area contributed by atoms with Gasteiger partial charge >= 0.3 is 6.09 Å². The molecule has 5 aromatic rings. The van der Waals surface area contributed by atoms with Crippen LogP contribution in [0, 0.1) is 0 Å². The summed E-state index contributed by atoms with van der Waals surface area (Å²) >= 11 is 12.8. The maximum atomic E-state index is 13.5. The van der Waals surface area contributed by atoms with Gasteiger partial charge in [-0.3, -0.25) is 19.2 Å². The number of halogens is 2. The number of carbonyl (C=O) groups is 1. The highest BCUT2D eigenvalue weighted by Gasteiger charge is 2.30. The van der Waals surface area contributed by atoms with Crippen molar-refractivity contribution in [2.45, 2.75) is 25.3 Å². The largest absolute Gasteiger partial charge is 0.465 e. The number of hydrogen-bond acceptors (Lipinski definition) is 9. The van der Waals surface area contributed by atoms with Gasteiger partial charge in [-0.05, 0) is 53.6 Å². The van der Waals surface area contributed by atoms with E-state index in [1.54, 1.807) is 42.0 Å². The van der Waals surface area contributed by atoms with Gasteiger partial charge in [-0.25, -0.2) is 14.8 Å². The molecule has 1 aromatic carbocycles. The van der Waals surface area contributed by atoms with Gasteiger partial charge in [0.2, 0.25) is 0 Å². The van der Waals surface area contributed by atoms with Gasteiger partial charge in [-0.2, -0.15) is 4.68 Å². The molecule has 1 atom stereocenters. The minimum Gasteiger partial charge on any atom is -0.465 e. The van der Waals surface area contributed by atoms with Gasteiger partial charge < -0.3 is 14.8 Å². The van der Waals surface area contributed by atoms with E-state index in [4.69, 9.17) is 32.9 Å². The standard InChI is InChI=1S/C27H24Cl2N10O4/c1-43-10-2-9-37(27(41)42)16-4-5-18(30-13-16)24-25(29)34-26(33-24)21-7-8-22-32-19(12-23(40)39(21)22)17-11-15(28)3-6-20(17)38-14-31-35-36-38/h3-6,11-14,21H,2,7-10H2,1H3,(H,33,34)(H,41,42)/t21-/m0/s1. The quantitative estimate of drug-likeness (QED) is 0.229. The number of amides is 1. The lowest BCUT2D eigenvalue weighted by Gasteiger charge is -2.18. The summed E-state index contributed by atoms with van der Waals surface area (Å²) in [6, 6.07) is 9.54. The lowest BCUT2D eigenvalue weighted by Crippen LogP contribution is -2.30. The Morgan fingerprint density at radius 3 is 2.77 bits per heavy atom. The fraction of sp³-hybridized carbons (Fsp3) is 0.259. The third-order valence-corrected chi connectivity index (χ3v) is 7.59. The zero-order valence-electron chi connectivity index (χ0n) is 22.7. The topological polar surface area (TPSA) is 170 Å². The molecule has 43 heavy (non-hydrogen) atoms. The first kappa shape index (κ1) is 28.5. The number of rotatable bonds is 9. The molecule has 2 N–H and O–H groups in total. The normalized spacial score (nSPS) is 14.2. The van der Waals surface area contributed by atoms with Crippen LogP contribution < -0.4 is 10.5 Å². The molecule has 1 amide bonds. The average Bonchev–Trinajstić information content (AvgIpc) is 3.76. The molecule has 0 saturated carbocycles. The molecular formula is C27H24Cl2N10O4. The highest BCUT2D eigenvalue weighted by molar-refractivity contribution is 6.32. The first-order chi connectivity index (χ1) is 20.8. The number of H-pyrrole nitrogens is 1. The fourth-order valence-electron chi connectivity index (χ4n) is 5.12. The number of aryl methyl sites for hydroxylation is 1. The Kier molecular flexibility index (Phi) is 7.88. The number of tetrazole rings is 1.